The molecule has 1 atom stereocenters. The summed E-state index contributed by atoms with van der Waals surface area (Å²) in [6.07, 6.45) is 1.68. The van der Waals surface area contributed by atoms with Gasteiger partial charge in [0.15, 0.2) is 0 Å². The molecule has 0 aliphatic carbocycles. The largest absolute Gasteiger partial charge is 0.245 e. The molecule has 0 bridgehead atoms. The fourth-order valence-corrected chi connectivity index (χ4v) is 1.02. The lowest BCUT2D eigenvalue weighted by Gasteiger charge is -2.02. The molecule has 0 aromatic carbocycles. The van der Waals surface area contributed by atoms with Gasteiger partial charge in [0, 0.05) is 11.4 Å². The second-order valence-electron chi connectivity index (χ2n) is 2.09. The lowest BCUT2D eigenvalue weighted by molar-refractivity contribution is 1.09. The van der Waals surface area contributed by atoms with Crippen LogP contribution in [0.5, 0.6) is 0 Å². The zero-order valence-corrected chi connectivity index (χ0v) is 7.23. The Labute approximate surface area is 70.8 Å². The van der Waals surface area contributed by atoms with E-state index in [1.165, 1.54) is 0 Å². The number of halogens is 1. The number of thiol groups is 1. The standard InChI is InChI=1S/C7H8ClNS/c1-5(10)6-2-3-9-7(8)4-6/h2-5,10H,1H3. The van der Waals surface area contributed by atoms with Crippen LogP contribution in [0.3, 0.4) is 0 Å². The van der Waals surface area contributed by atoms with Gasteiger partial charge < -0.3 is 0 Å². The minimum Gasteiger partial charge on any atom is -0.245 e. The molecule has 1 unspecified atom stereocenters. The predicted octanol–water partition coefficient (Wildman–Crippen LogP) is 2.73. The second-order valence-corrected chi connectivity index (χ2v) is 3.25. The van der Waals surface area contributed by atoms with Gasteiger partial charge in [-0.25, -0.2) is 4.98 Å². The Kier molecular flexibility index (Phi) is 2.57. The van der Waals surface area contributed by atoms with Crippen LogP contribution in [0.25, 0.3) is 0 Å². The molecule has 1 nitrogen and oxygen atoms in total. The maximum Gasteiger partial charge on any atom is 0.129 e. The van der Waals surface area contributed by atoms with Crippen LogP contribution < -0.4 is 0 Å². The van der Waals surface area contributed by atoms with Gasteiger partial charge in [-0.3, -0.25) is 0 Å². The Hall–Kier alpha value is -0.210. The van der Waals surface area contributed by atoms with Crippen molar-refractivity contribution in [1.29, 1.82) is 0 Å². The molecule has 1 aromatic rings. The lowest BCUT2D eigenvalue weighted by Crippen LogP contribution is -1.84. The maximum absolute atomic E-state index is 5.64. The van der Waals surface area contributed by atoms with Crippen molar-refractivity contribution in [1.82, 2.24) is 4.98 Å². The molecule has 0 amide bonds. The number of hydrogen-bond donors (Lipinski definition) is 1. The minimum atomic E-state index is 0.223. The maximum atomic E-state index is 5.64. The van der Waals surface area contributed by atoms with Crippen molar-refractivity contribution in [2.24, 2.45) is 0 Å². The number of rotatable bonds is 1. The fourth-order valence-electron chi connectivity index (χ4n) is 0.677. The molecule has 0 aliphatic rings. The number of nitrogens with zero attached hydrogens (tertiary/aromatic N) is 1. The van der Waals surface area contributed by atoms with E-state index in [4.69, 9.17) is 11.6 Å². The molecule has 0 saturated carbocycles. The van der Waals surface area contributed by atoms with Gasteiger partial charge in [0.25, 0.3) is 0 Å². The second kappa shape index (κ2) is 3.26. The molecule has 0 fully saturated rings. The molecule has 1 heterocycles. The molecule has 0 N–H and O–H groups in total. The van der Waals surface area contributed by atoms with Gasteiger partial charge >= 0.3 is 0 Å². The Bertz CT molecular complexity index is 225. The van der Waals surface area contributed by atoms with Crippen molar-refractivity contribution in [2.75, 3.05) is 0 Å². The summed E-state index contributed by atoms with van der Waals surface area (Å²) in [5.41, 5.74) is 1.10. The number of pyridine rings is 1. The van der Waals surface area contributed by atoms with Crippen LogP contribution in [0, 0.1) is 0 Å². The van der Waals surface area contributed by atoms with E-state index in [1.807, 2.05) is 19.1 Å². The fraction of sp³-hybridized carbons (Fsp3) is 0.286. The van der Waals surface area contributed by atoms with E-state index in [9.17, 15) is 0 Å². The molecule has 0 radical (unpaired) electrons. The average Bonchev–Trinajstić information content (AvgIpc) is 1.88. The summed E-state index contributed by atoms with van der Waals surface area (Å²) in [5, 5.41) is 0.749. The molecular formula is C7H8ClNS. The average molecular weight is 174 g/mol. The third kappa shape index (κ3) is 1.89. The minimum absolute atomic E-state index is 0.223. The Balaban J connectivity index is 2.96. The van der Waals surface area contributed by atoms with Crippen molar-refractivity contribution < 1.29 is 0 Å². The lowest BCUT2D eigenvalue weighted by atomic mass is 10.2. The molecule has 10 heavy (non-hydrogen) atoms. The van der Waals surface area contributed by atoms with Crippen LogP contribution in [-0.2, 0) is 0 Å². The van der Waals surface area contributed by atoms with Crippen LogP contribution in [-0.4, -0.2) is 4.98 Å². The normalized spacial score (nSPS) is 13.1. The smallest absolute Gasteiger partial charge is 0.129 e. The van der Waals surface area contributed by atoms with E-state index in [1.54, 1.807) is 6.20 Å². The van der Waals surface area contributed by atoms with E-state index in [-0.39, 0.29) is 5.25 Å². The van der Waals surface area contributed by atoms with E-state index in [2.05, 4.69) is 17.6 Å². The van der Waals surface area contributed by atoms with Gasteiger partial charge in [-0.1, -0.05) is 11.6 Å². The van der Waals surface area contributed by atoms with Crippen LogP contribution in [0.15, 0.2) is 18.3 Å². The van der Waals surface area contributed by atoms with E-state index in [0.29, 0.717) is 5.15 Å². The van der Waals surface area contributed by atoms with Gasteiger partial charge in [-0.15, -0.1) is 0 Å². The Morgan fingerprint density at radius 3 is 2.80 bits per heavy atom. The summed E-state index contributed by atoms with van der Waals surface area (Å²) >= 11 is 9.89. The van der Waals surface area contributed by atoms with E-state index >= 15 is 0 Å². The van der Waals surface area contributed by atoms with Crippen molar-refractivity contribution >= 4 is 24.2 Å². The molecule has 0 saturated heterocycles. The Morgan fingerprint density at radius 2 is 2.40 bits per heavy atom. The molecular weight excluding hydrogens is 166 g/mol. The van der Waals surface area contributed by atoms with Gasteiger partial charge in [-0.2, -0.15) is 12.6 Å². The summed E-state index contributed by atoms with van der Waals surface area (Å²) < 4.78 is 0. The van der Waals surface area contributed by atoms with Crippen LogP contribution in [0.4, 0.5) is 0 Å². The van der Waals surface area contributed by atoms with E-state index < -0.39 is 0 Å². The summed E-state index contributed by atoms with van der Waals surface area (Å²) in [5.74, 6) is 0. The topological polar surface area (TPSA) is 12.9 Å². The molecule has 0 spiro atoms. The van der Waals surface area contributed by atoms with Crippen LogP contribution in [0.2, 0.25) is 5.15 Å². The van der Waals surface area contributed by atoms with Crippen molar-refractivity contribution in [3.63, 3.8) is 0 Å². The highest BCUT2D eigenvalue weighted by Gasteiger charge is 1.98. The SMILES string of the molecule is CC(S)c1ccnc(Cl)c1. The first-order chi connectivity index (χ1) is 4.70. The summed E-state index contributed by atoms with van der Waals surface area (Å²) in [6.45, 7) is 1.99. The third-order valence-electron chi connectivity index (χ3n) is 1.23. The molecule has 1 rings (SSSR count). The molecule has 54 valence electrons. The van der Waals surface area contributed by atoms with Gasteiger partial charge in [0.2, 0.25) is 0 Å². The van der Waals surface area contributed by atoms with Gasteiger partial charge in [0.05, 0.1) is 0 Å². The van der Waals surface area contributed by atoms with Crippen molar-refractivity contribution in [3.8, 4) is 0 Å². The van der Waals surface area contributed by atoms with Gasteiger partial charge in [0.1, 0.15) is 5.15 Å². The molecule has 3 heteroatoms. The number of aromatic nitrogens is 1. The highest BCUT2D eigenvalue weighted by molar-refractivity contribution is 7.80. The predicted molar refractivity (Wildman–Crippen MR) is 46.6 cm³/mol. The van der Waals surface area contributed by atoms with Gasteiger partial charge in [-0.05, 0) is 24.6 Å². The molecule has 1 aromatic heterocycles. The Morgan fingerprint density at radius 1 is 1.70 bits per heavy atom. The first-order valence-corrected chi connectivity index (χ1v) is 3.89. The summed E-state index contributed by atoms with van der Waals surface area (Å²) in [4.78, 5) is 3.85. The quantitative estimate of drug-likeness (QED) is 0.509. The zero-order valence-electron chi connectivity index (χ0n) is 5.58. The van der Waals surface area contributed by atoms with Crippen molar-refractivity contribution in [2.45, 2.75) is 12.2 Å². The molecule has 0 aliphatic heterocycles. The summed E-state index contributed by atoms with van der Waals surface area (Å²) in [6, 6.07) is 3.72. The first-order valence-electron chi connectivity index (χ1n) is 2.99. The van der Waals surface area contributed by atoms with Crippen LogP contribution in [0.1, 0.15) is 17.7 Å². The summed E-state index contributed by atoms with van der Waals surface area (Å²) in [7, 11) is 0. The first kappa shape index (κ1) is 7.89. The van der Waals surface area contributed by atoms with E-state index in [0.717, 1.165) is 5.56 Å². The highest BCUT2D eigenvalue weighted by atomic mass is 35.5. The third-order valence-corrected chi connectivity index (χ3v) is 1.74. The van der Waals surface area contributed by atoms with Crippen molar-refractivity contribution in [3.05, 3.63) is 29.0 Å². The number of hydrogen-bond acceptors (Lipinski definition) is 2. The zero-order chi connectivity index (χ0) is 7.56. The van der Waals surface area contributed by atoms with Crippen LogP contribution >= 0.6 is 24.2 Å². The monoisotopic (exact) mass is 173 g/mol. The highest BCUT2D eigenvalue weighted by Crippen LogP contribution is 2.19.